The van der Waals surface area contributed by atoms with Crippen molar-refractivity contribution in [1.29, 1.82) is 0 Å². The monoisotopic (exact) mass is 578 g/mol. The fourth-order valence-electron chi connectivity index (χ4n) is 7.37. The molecule has 8 heteroatoms. The molecule has 0 aromatic heterocycles. The Morgan fingerprint density at radius 1 is 0.929 bits per heavy atom. The molecule has 4 bridgehead atoms. The molecule has 0 radical (unpaired) electrons. The van der Waals surface area contributed by atoms with Crippen molar-refractivity contribution in [3.63, 3.8) is 0 Å². The van der Waals surface area contributed by atoms with Gasteiger partial charge in [0, 0.05) is 31.4 Å². The first-order valence-corrected chi connectivity index (χ1v) is 14.9. The van der Waals surface area contributed by atoms with Gasteiger partial charge in [-0.1, -0.05) is 11.8 Å². The fourth-order valence-corrected chi connectivity index (χ4v) is 7.37. The van der Waals surface area contributed by atoms with Gasteiger partial charge >= 0.3 is 12.4 Å². The second kappa shape index (κ2) is 13.9. The van der Waals surface area contributed by atoms with Crippen LogP contribution in [-0.4, -0.2) is 60.4 Å². The lowest BCUT2D eigenvalue weighted by Crippen LogP contribution is -2.48. The third-order valence-corrected chi connectivity index (χ3v) is 8.79. The van der Waals surface area contributed by atoms with Gasteiger partial charge < -0.3 is 33.2 Å². The predicted molar refractivity (Wildman–Crippen MR) is 156 cm³/mol. The molecule has 0 aliphatic heterocycles. The molecule has 8 nitrogen and oxygen atoms in total. The van der Waals surface area contributed by atoms with Crippen molar-refractivity contribution in [2.75, 3.05) is 47.9 Å². The molecule has 0 spiro atoms. The number of hydrogen-bond donors (Lipinski definition) is 0. The first kappa shape index (κ1) is 30.4. The Morgan fingerprint density at radius 3 is 2.21 bits per heavy atom. The minimum absolute atomic E-state index is 0.0284. The van der Waals surface area contributed by atoms with E-state index in [4.69, 9.17) is 33.2 Å². The number of ether oxygens (including phenoxy) is 7. The van der Waals surface area contributed by atoms with Gasteiger partial charge in [0.2, 0.25) is 0 Å². The van der Waals surface area contributed by atoms with E-state index in [-0.39, 0.29) is 18.2 Å². The van der Waals surface area contributed by atoms with Crippen molar-refractivity contribution in [1.82, 2.24) is 0 Å². The van der Waals surface area contributed by atoms with Crippen LogP contribution in [0.3, 0.4) is 0 Å². The van der Waals surface area contributed by atoms with E-state index in [0.717, 1.165) is 53.7 Å². The van der Waals surface area contributed by atoms with Crippen LogP contribution in [0.4, 0.5) is 0 Å². The molecule has 42 heavy (non-hydrogen) atoms. The Morgan fingerprint density at radius 2 is 1.62 bits per heavy atom. The molecule has 0 heterocycles. The summed E-state index contributed by atoms with van der Waals surface area (Å²) in [6.07, 6.45) is 7.48. The number of benzene rings is 2. The zero-order valence-corrected chi connectivity index (χ0v) is 25.1. The maximum absolute atomic E-state index is 11.9. The van der Waals surface area contributed by atoms with Crippen LogP contribution in [0.25, 0.3) is 0 Å². The minimum atomic E-state index is -0.835. The molecule has 4 aliphatic rings. The van der Waals surface area contributed by atoms with Gasteiger partial charge in [0.25, 0.3) is 0 Å². The van der Waals surface area contributed by atoms with Crippen molar-refractivity contribution in [3.05, 3.63) is 58.7 Å². The summed E-state index contributed by atoms with van der Waals surface area (Å²) in [4.78, 5) is 11.9. The summed E-state index contributed by atoms with van der Waals surface area (Å²) >= 11 is 0. The molecule has 0 N–H and O–H groups in total. The Bertz CT molecular complexity index is 1240. The first-order chi connectivity index (χ1) is 20.5. The van der Waals surface area contributed by atoms with E-state index >= 15 is 0 Å². The third kappa shape index (κ3) is 6.92. The number of carbonyl (C=O) groups is 1. The fraction of sp³-hybridized carbons (Fsp3) is 0.559. The van der Waals surface area contributed by atoms with Crippen LogP contribution in [0.2, 0.25) is 0 Å². The van der Waals surface area contributed by atoms with Gasteiger partial charge in [0.1, 0.15) is 11.5 Å². The number of carbonyl (C=O) groups excluding carboxylic acids is 1. The highest BCUT2D eigenvalue weighted by molar-refractivity contribution is 5.89. The summed E-state index contributed by atoms with van der Waals surface area (Å²) in [5.74, 6) is 9.74. The van der Waals surface area contributed by atoms with Gasteiger partial charge in [-0.25, -0.2) is 4.79 Å². The highest BCUT2D eigenvalue weighted by atomic mass is 16.8. The van der Waals surface area contributed by atoms with Gasteiger partial charge in [-0.3, -0.25) is 0 Å². The minimum Gasteiger partial charge on any atom is -0.466 e. The van der Waals surface area contributed by atoms with E-state index < -0.39 is 6.48 Å². The lowest BCUT2D eigenvalue weighted by molar-refractivity contribution is -0.231. The van der Waals surface area contributed by atoms with Crippen LogP contribution >= 0.6 is 0 Å². The topological polar surface area (TPSA) is 81.7 Å². The summed E-state index contributed by atoms with van der Waals surface area (Å²) in [6.45, 7) is 2.47. The van der Waals surface area contributed by atoms with E-state index in [0.29, 0.717) is 36.9 Å². The van der Waals surface area contributed by atoms with Gasteiger partial charge in [-0.05, 0) is 98.9 Å². The normalized spacial score (nSPS) is 24.5. The molecule has 6 rings (SSSR count). The average molecular weight is 579 g/mol. The van der Waals surface area contributed by atoms with Crippen molar-refractivity contribution in [2.45, 2.75) is 57.3 Å². The summed E-state index contributed by atoms with van der Waals surface area (Å²) in [5, 5.41) is 0. The average Bonchev–Trinajstić information content (AvgIpc) is 2.99. The van der Waals surface area contributed by atoms with Crippen LogP contribution in [0.5, 0.6) is 11.5 Å². The van der Waals surface area contributed by atoms with Crippen molar-refractivity contribution in [2.24, 2.45) is 17.8 Å². The molecular weight excluding hydrogens is 536 g/mol. The third-order valence-electron chi connectivity index (χ3n) is 8.79. The molecular formula is C34H42O8. The second-order valence-electron chi connectivity index (χ2n) is 11.6. The van der Waals surface area contributed by atoms with Crippen LogP contribution in [0.15, 0.2) is 36.4 Å². The van der Waals surface area contributed by atoms with E-state index in [2.05, 4.69) is 17.9 Å². The molecule has 2 aromatic carbocycles. The molecule has 0 amide bonds. The van der Waals surface area contributed by atoms with Crippen molar-refractivity contribution in [3.8, 4) is 23.3 Å². The predicted octanol–water partition coefficient (Wildman–Crippen LogP) is 5.69. The number of methoxy groups -OCH3 is 3. The van der Waals surface area contributed by atoms with Gasteiger partial charge in [-0.2, -0.15) is 0 Å². The molecule has 4 aliphatic carbocycles. The van der Waals surface area contributed by atoms with E-state index in [1.165, 1.54) is 26.4 Å². The Balaban J connectivity index is 1.54. The first-order valence-electron chi connectivity index (χ1n) is 14.9. The Hall–Kier alpha value is -3.09. The zero-order valence-electron chi connectivity index (χ0n) is 25.1. The zero-order chi connectivity index (χ0) is 29.5. The number of rotatable bonds is 13. The molecule has 4 fully saturated rings. The quantitative estimate of drug-likeness (QED) is 0.130. The molecule has 2 aromatic rings. The lowest BCUT2D eigenvalue weighted by Gasteiger charge is -2.57. The van der Waals surface area contributed by atoms with E-state index in [1.54, 1.807) is 26.4 Å². The van der Waals surface area contributed by atoms with Crippen LogP contribution in [-0.2, 0) is 29.1 Å². The van der Waals surface area contributed by atoms with Gasteiger partial charge in [0.15, 0.2) is 6.79 Å². The van der Waals surface area contributed by atoms with Gasteiger partial charge in [-0.15, -0.1) is 0 Å². The Labute approximate surface area is 248 Å². The Kier molecular flexibility index (Phi) is 10.1. The van der Waals surface area contributed by atoms with E-state index in [1.807, 2.05) is 25.1 Å². The molecule has 1 unspecified atom stereocenters. The van der Waals surface area contributed by atoms with Crippen LogP contribution < -0.4 is 9.47 Å². The van der Waals surface area contributed by atoms with Crippen LogP contribution in [0.1, 0.15) is 72.5 Å². The number of esters is 1. The molecule has 226 valence electrons. The lowest BCUT2D eigenvalue weighted by atomic mass is 9.48. The van der Waals surface area contributed by atoms with Gasteiger partial charge in [0.05, 0.1) is 38.1 Å². The highest BCUT2D eigenvalue weighted by Gasteiger charge is 2.52. The maximum Gasteiger partial charge on any atom is 0.337 e. The molecule has 1 atom stereocenters. The van der Waals surface area contributed by atoms with E-state index in [9.17, 15) is 4.79 Å². The molecule has 4 saturated carbocycles. The largest absolute Gasteiger partial charge is 0.466 e. The standard InChI is InChI=1S/C34H42O8/c1-5-40-33(38-4)42-31-18-30(41-22-39-13-12-36-2)28(11-8-23-6-9-27(10-7-23)32(35)37-3)17-29(31)34-19-24-14-25(20-34)16-26(15-24)21-34/h6-7,9-10,17-18,24-26,33H,5,12-16,19-22H2,1-4H3. The number of hydrogen-bond acceptors (Lipinski definition) is 8. The summed E-state index contributed by atoms with van der Waals surface area (Å²) in [7, 11) is 4.58. The maximum atomic E-state index is 11.9. The van der Waals surface area contributed by atoms with Crippen molar-refractivity contribution < 1.29 is 38.0 Å². The van der Waals surface area contributed by atoms with Crippen LogP contribution in [0, 0.1) is 29.6 Å². The highest BCUT2D eigenvalue weighted by Crippen LogP contribution is 2.62. The summed E-state index contributed by atoms with van der Waals surface area (Å²) in [5.41, 5.74) is 3.19. The summed E-state index contributed by atoms with van der Waals surface area (Å²) in [6, 6.07) is 11.1. The summed E-state index contributed by atoms with van der Waals surface area (Å²) < 4.78 is 39.3. The second-order valence-corrected chi connectivity index (χ2v) is 11.6. The SMILES string of the molecule is CCOC(OC)Oc1cc(OCOCCOC)c(C#Cc2ccc(C(=O)OC)cc2)cc1C12CC3CC(CC(C3)C1)C2. The smallest absolute Gasteiger partial charge is 0.337 e. The van der Waals surface area contributed by atoms with Crippen molar-refractivity contribution >= 4 is 5.97 Å². The molecule has 0 saturated heterocycles.